The van der Waals surface area contributed by atoms with Crippen molar-refractivity contribution in [1.29, 1.82) is 0 Å². The summed E-state index contributed by atoms with van der Waals surface area (Å²) in [5.41, 5.74) is 2.45. The highest BCUT2D eigenvalue weighted by molar-refractivity contribution is 5.96. The number of amides is 2. The van der Waals surface area contributed by atoms with Crippen LogP contribution in [-0.2, 0) is 11.3 Å². The number of benzene rings is 2. The van der Waals surface area contributed by atoms with E-state index in [1.54, 1.807) is 24.3 Å². The van der Waals surface area contributed by atoms with Crippen LogP contribution in [0.2, 0.25) is 0 Å². The van der Waals surface area contributed by atoms with Crippen LogP contribution in [-0.4, -0.2) is 36.9 Å². The summed E-state index contributed by atoms with van der Waals surface area (Å²) in [4.78, 5) is 26.1. The van der Waals surface area contributed by atoms with Gasteiger partial charge in [-0.15, -0.1) is 0 Å². The Morgan fingerprint density at radius 1 is 1.00 bits per heavy atom. The zero-order valence-corrected chi connectivity index (χ0v) is 15.5. The molecule has 2 aromatic carbocycles. The van der Waals surface area contributed by atoms with Gasteiger partial charge in [0.2, 0.25) is 5.91 Å². The van der Waals surface area contributed by atoms with Crippen LogP contribution in [0.15, 0.2) is 54.6 Å². The molecule has 0 aliphatic heterocycles. The Morgan fingerprint density at radius 2 is 1.69 bits per heavy atom. The molecule has 0 saturated heterocycles. The fourth-order valence-electron chi connectivity index (χ4n) is 2.58. The molecule has 2 N–H and O–H groups in total. The maximum Gasteiger partial charge on any atom is 0.251 e. The number of unbranched alkanes of at least 4 members (excludes halogenated alkanes) is 1. The van der Waals surface area contributed by atoms with Crippen LogP contribution >= 0.6 is 0 Å². The van der Waals surface area contributed by atoms with E-state index in [0.717, 1.165) is 12.8 Å². The molecule has 0 bridgehead atoms. The first kappa shape index (κ1) is 19.7. The lowest BCUT2D eigenvalue weighted by Crippen LogP contribution is -2.29. The van der Waals surface area contributed by atoms with Gasteiger partial charge in [-0.25, -0.2) is 0 Å². The molecule has 0 aromatic heterocycles. The van der Waals surface area contributed by atoms with Gasteiger partial charge in [0.15, 0.2) is 0 Å². The summed E-state index contributed by atoms with van der Waals surface area (Å²) in [6, 6.07) is 17.0. The molecule has 0 saturated carbocycles. The van der Waals surface area contributed by atoms with Gasteiger partial charge < -0.3 is 10.6 Å². The van der Waals surface area contributed by atoms with Gasteiger partial charge in [-0.3, -0.25) is 14.5 Å². The van der Waals surface area contributed by atoms with E-state index >= 15 is 0 Å². The number of rotatable bonds is 9. The summed E-state index contributed by atoms with van der Waals surface area (Å²) in [7, 11) is 1.91. The van der Waals surface area contributed by atoms with E-state index in [4.69, 9.17) is 0 Å². The number of hydrogen-bond donors (Lipinski definition) is 2. The van der Waals surface area contributed by atoms with Crippen molar-refractivity contribution in [2.75, 3.05) is 25.5 Å². The molecule has 0 unspecified atom stereocenters. The predicted octanol–water partition coefficient (Wildman–Crippen LogP) is 3.29. The monoisotopic (exact) mass is 353 g/mol. The third kappa shape index (κ3) is 6.69. The van der Waals surface area contributed by atoms with Crippen LogP contribution in [0.5, 0.6) is 0 Å². The number of hydrogen-bond acceptors (Lipinski definition) is 3. The van der Waals surface area contributed by atoms with Crippen molar-refractivity contribution in [2.45, 2.75) is 26.3 Å². The smallest absolute Gasteiger partial charge is 0.251 e. The average Bonchev–Trinajstić information content (AvgIpc) is 2.63. The summed E-state index contributed by atoms with van der Waals surface area (Å²) in [5.74, 6) is -0.164. The second-order valence-electron chi connectivity index (χ2n) is 6.39. The number of nitrogens with zero attached hydrogens (tertiary/aromatic N) is 1. The van der Waals surface area contributed by atoms with Gasteiger partial charge in [0.25, 0.3) is 5.91 Å². The number of anilines is 1. The molecule has 5 heteroatoms. The Hall–Kier alpha value is -2.66. The molecule has 26 heavy (non-hydrogen) atoms. The molecule has 2 aromatic rings. The highest BCUT2D eigenvalue weighted by atomic mass is 16.2. The Kier molecular flexibility index (Phi) is 7.83. The number of carbonyl (C=O) groups is 2. The first-order valence-corrected chi connectivity index (χ1v) is 8.99. The fourth-order valence-corrected chi connectivity index (χ4v) is 2.58. The lowest BCUT2D eigenvalue weighted by atomic mass is 10.2. The summed E-state index contributed by atoms with van der Waals surface area (Å²) >= 11 is 0. The van der Waals surface area contributed by atoms with Gasteiger partial charge in [-0.05, 0) is 43.3 Å². The fraction of sp³-hybridized carbons (Fsp3) is 0.333. The van der Waals surface area contributed by atoms with E-state index in [2.05, 4.69) is 17.6 Å². The van der Waals surface area contributed by atoms with Crippen LogP contribution < -0.4 is 10.6 Å². The molecule has 0 fully saturated rings. The maximum atomic E-state index is 12.2. The van der Waals surface area contributed by atoms with Crippen LogP contribution in [0.3, 0.4) is 0 Å². The Labute approximate surface area is 155 Å². The second kappa shape index (κ2) is 10.4. The molecule has 0 aliphatic rings. The van der Waals surface area contributed by atoms with Crippen LogP contribution in [0.4, 0.5) is 5.69 Å². The van der Waals surface area contributed by atoms with Crippen molar-refractivity contribution in [3.05, 3.63) is 65.7 Å². The molecule has 5 nitrogen and oxygen atoms in total. The first-order valence-electron chi connectivity index (χ1n) is 8.99. The predicted molar refractivity (Wildman–Crippen MR) is 105 cm³/mol. The van der Waals surface area contributed by atoms with Crippen molar-refractivity contribution in [3.8, 4) is 0 Å². The lowest BCUT2D eigenvalue weighted by molar-refractivity contribution is -0.117. The summed E-state index contributed by atoms with van der Waals surface area (Å²) in [5, 5.41) is 5.74. The van der Waals surface area contributed by atoms with Gasteiger partial charge in [-0.2, -0.15) is 0 Å². The zero-order valence-electron chi connectivity index (χ0n) is 15.5. The highest BCUT2D eigenvalue weighted by Crippen LogP contribution is 2.10. The van der Waals surface area contributed by atoms with E-state index in [-0.39, 0.29) is 11.8 Å². The molecule has 0 radical (unpaired) electrons. The highest BCUT2D eigenvalue weighted by Gasteiger charge is 2.09. The number of nitrogens with one attached hydrogen (secondary N) is 2. The van der Waals surface area contributed by atoms with E-state index in [9.17, 15) is 9.59 Å². The van der Waals surface area contributed by atoms with Gasteiger partial charge in [0, 0.05) is 24.3 Å². The third-order valence-electron chi connectivity index (χ3n) is 3.96. The van der Waals surface area contributed by atoms with Gasteiger partial charge in [0.1, 0.15) is 0 Å². The van der Waals surface area contributed by atoms with Crippen molar-refractivity contribution < 1.29 is 9.59 Å². The number of likely N-dealkylation sites (N-methyl/N-ethyl adjacent to an activating group) is 1. The quantitative estimate of drug-likeness (QED) is 0.680. The van der Waals surface area contributed by atoms with Crippen molar-refractivity contribution in [1.82, 2.24) is 10.2 Å². The molecule has 0 aliphatic carbocycles. The standard InChI is InChI=1S/C21H27N3O2/c1-3-4-14-22-21(26)18-10-12-19(13-11-18)23-20(25)16-24(2)15-17-8-6-5-7-9-17/h5-13H,3-4,14-16H2,1-2H3,(H,22,26)(H,23,25). The molecule has 0 atom stereocenters. The van der Waals surface area contributed by atoms with E-state index < -0.39 is 0 Å². The van der Waals surface area contributed by atoms with Crippen molar-refractivity contribution >= 4 is 17.5 Å². The summed E-state index contributed by atoms with van der Waals surface area (Å²) in [6.45, 7) is 3.78. The minimum atomic E-state index is -0.0843. The maximum absolute atomic E-state index is 12.2. The van der Waals surface area contributed by atoms with Crippen molar-refractivity contribution in [3.63, 3.8) is 0 Å². The summed E-state index contributed by atoms with van der Waals surface area (Å²) in [6.07, 6.45) is 2.01. The van der Waals surface area contributed by atoms with E-state index in [0.29, 0.717) is 30.9 Å². The summed E-state index contributed by atoms with van der Waals surface area (Å²) < 4.78 is 0. The normalized spacial score (nSPS) is 10.6. The van der Waals surface area contributed by atoms with E-state index in [1.807, 2.05) is 42.3 Å². The number of carbonyl (C=O) groups excluding carboxylic acids is 2. The minimum absolute atomic E-state index is 0.0800. The molecule has 2 rings (SSSR count). The largest absolute Gasteiger partial charge is 0.352 e. The Bertz CT molecular complexity index is 699. The third-order valence-corrected chi connectivity index (χ3v) is 3.96. The lowest BCUT2D eigenvalue weighted by Gasteiger charge is -2.16. The molecule has 0 spiro atoms. The van der Waals surface area contributed by atoms with E-state index in [1.165, 1.54) is 5.56 Å². The SMILES string of the molecule is CCCCNC(=O)c1ccc(NC(=O)CN(C)Cc2ccccc2)cc1. The Balaban J connectivity index is 1.80. The van der Waals surface area contributed by atoms with Crippen molar-refractivity contribution in [2.24, 2.45) is 0 Å². The Morgan fingerprint density at radius 3 is 2.35 bits per heavy atom. The molecule has 2 amide bonds. The van der Waals surface area contributed by atoms with Crippen LogP contribution in [0, 0.1) is 0 Å². The molecule has 0 heterocycles. The van der Waals surface area contributed by atoms with Crippen LogP contribution in [0.1, 0.15) is 35.7 Å². The molecular formula is C21H27N3O2. The average molecular weight is 353 g/mol. The van der Waals surface area contributed by atoms with Crippen LogP contribution in [0.25, 0.3) is 0 Å². The van der Waals surface area contributed by atoms with Gasteiger partial charge >= 0.3 is 0 Å². The van der Waals surface area contributed by atoms with Gasteiger partial charge in [-0.1, -0.05) is 43.7 Å². The minimum Gasteiger partial charge on any atom is -0.352 e. The molecular weight excluding hydrogens is 326 g/mol. The molecule has 138 valence electrons. The zero-order chi connectivity index (χ0) is 18.8. The topological polar surface area (TPSA) is 61.4 Å². The van der Waals surface area contributed by atoms with Gasteiger partial charge in [0.05, 0.1) is 6.54 Å². The first-order chi connectivity index (χ1) is 12.6. The second-order valence-corrected chi connectivity index (χ2v) is 6.39.